The van der Waals surface area contributed by atoms with Crippen molar-refractivity contribution in [1.82, 2.24) is 5.32 Å². The van der Waals surface area contributed by atoms with Crippen LogP contribution < -0.4 is 5.32 Å². The smallest absolute Gasteiger partial charge is 0.0331 e. The molecule has 0 radical (unpaired) electrons. The Hall–Kier alpha value is -0.340. The predicted octanol–water partition coefficient (Wildman–Crippen LogP) is 5.23. The number of hydrogen-bond acceptors (Lipinski definition) is 1. The lowest BCUT2D eigenvalue weighted by molar-refractivity contribution is 0.454. The Balaban J connectivity index is 2.70. The Labute approximate surface area is 120 Å². The van der Waals surface area contributed by atoms with Gasteiger partial charge in [-0.1, -0.05) is 61.7 Å². The van der Waals surface area contributed by atoms with Crippen LogP contribution in [0.25, 0.3) is 0 Å². The lowest BCUT2D eigenvalue weighted by atomic mass is 9.97. The second kappa shape index (κ2) is 7.96. The van der Waals surface area contributed by atoms with Gasteiger partial charge in [0.2, 0.25) is 0 Å². The van der Waals surface area contributed by atoms with E-state index >= 15 is 0 Å². The molecule has 0 amide bonds. The summed E-state index contributed by atoms with van der Waals surface area (Å²) in [6, 6.07) is 7.14. The molecule has 0 heterocycles. The molecule has 0 fully saturated rings. The zero-order chi connectivity index (χ0) is 13.5. The minimum Gasteiger partial charge on any atom is -0.310 e. The fraction of sp³-hybridized carbons (Fsp3) is 0.625. The molecule has 18 heavy (non-hydrogen) atoms. The molecule has 0 aliphatic carbocycles. The number of nitrogens with one attached hydrogen (secondary N) is 1. The number of rotatable bonds is 7. The third-order valence-electron chi connectivity index (χ3n) is 3.26. The number of hydrogen-bond donors (Lipinski definition) is 1. The molecule has 0 aliphatic heterocycles. The third kappa shape index (κ3) is 5.11. The molecule has 1 aromatic carbocycles. The molecule has 1 nitrogen and oxygen atoms in total. The van der Waals surface area contributed by atoms with Crippen molar-refractivity contribution in [3.63, 3.8) is 0 Å². The molecule has 102 valence electrons. The highest BCUT2D eigenvalue weighted by atomic mass is 79.9. The van der Waals surface area contributed by atoms with Crippen molar-refractivity contribution >= 4 is 15.9 Å². The summed E-state index contributed by atoms with van der Waals surface area (Å²) in [5.74, 6) is 0.800. The van der Waals surface area contributed by atoms with E-state index in [9.17, 15) is 0 Å². The highest BCUT2D eigenvalue weighted by molar-refractivity contribution is 9.10. The van der Waals surface area contributed by atoms with Crippen molar-refractivity contribution in [3.05, 3.63) is 33.8 Å². The molecule has 0 aromatic heterocycles. The Morgan fingerprint density at radius 1 is 1.22 bits per heavy atom. The van der Waals surface area contributed by atoms with E-state index in [1.165, 1.54) is 34.9 Å². The van der Waals surface area contributed by atoms with Gasteiger partial charge in [-0.05, 0) is 43.0 Å². The Morgan fingerprint density at radius 3 is 2.50 bits per heavy atom. The molecule has 0 bridgehead atoms. The van der Waals surface area contributed by atoms with Gasteiger partial charge in [-0.25, -0.2) is 0 Å². The van der Waals surface area contributed by atoms with Crippen LogP contribution in [-0.4, -0.2) is 6.54 Å². The van der Waals surface area contributed by atoms with E-state index in [0.29, 0.717) is 6.04 Å². The standard InChI is InChI=1S/C16H26BrN/c1-5-18-16(8-6-7-12(2)3)14-10-9-13(4)11-15(14)17/h9-12,16,18H,5-8H2,1-4H3. The van der Waals surface area contributed by atoms with Crippen LogP contribution in [0.2, 0.25) is 0 Å². The monoisotopic (exact) mass is 311 g/mol. The summed E-state index contributed by atoms with van der Waals surface area (Å²) in [5.41, 5.74) is 2.70. The topological polar surface area (TPSA) is 12.0 Å². The predicted molar refractivity (Wildman–Crippen MR) is 84.0 cm³/mol. The summed E-state index contributed by atoms with van der Waals surface area (Å²) in [7, 11) is 0. The molecular weight excluding hydrogens is 286 g/mol. The second-order valence-corrected chi connectivity index (χ2v) is 6.31. The third-order valence-corrected chi connectivity index (χ3v) is 3.94. The Kier molecular flexibility index (Phi) is 6.95. The first-order valence-electron chi connectivity index (χ1n) is 7.04. The first kappa shape index (κ1) is 15.7. The Bertz CT molecular complexity index is 360. The molecule has 0 aliphatic rings. The van der Waals surface area contributed by atoms with Gasteiger partial charge in [0.1, 0.15) is 0 Å². The van der Waals surface area contributed by atoms with Gasteiger partial charge < -0.3 is 5.32 Å². The molecule has 1 aromatic rings. The molecule has 0 spiro atoms. The van der Waals surface area contributed by atoms with Crippen molar-refractivity contribution in [2.45, 2.75) is 53.0 Å². The van der Waals surface area contributed by atoms with Gasteiger partial charge in [-0.3, -0.25) is 0 Å². The van der Waals surface area contributed by atoms with Crippen LogP contribution in [0.3, 0.4) is 0 Å². The van der Waals surface area contributed by atoms with Crippen molar-refractivity contribution in [3.8, 4) is 0 Å². The number of benzene rings is 1. The lowest BCUT2D eigenvalue weighted by Crippen LogP contribution is -2.21. The van der Waals surface area contributed by atoms with Gasteiger partial charge in [0.15, 0.2) is 0 Å². The van der Waals surface area contributed by atoms with E-state index < -0.39 is 0 Å². The van der Waals surface area contributed by atoms with E-state index in [1.807, 2.05) is 0 Å². The number of halogens is 1. The maximum absolute atomic E-state index is 3.70. The molecule has 1 unspecified atom stereocenters. The van der Waals surface area contributed by atoms with Gasteiger partial charge in [-0.15, -0.1) is 0 Å². The normalized spacial score (nSPS) is 13.0. The van der Waals surface area contributed by atoms with E-state index in [2.05, 4.69) is 67.1 Å². The molecule has 1 atom stereocenters. The van der Waals surface area contributed by atoms with Gasteiger partial charge in [0.25, 0.3) is 0 Å². The fourth-order valence-corrected chi connectivity index (χ4v) is 3.03. The van der Waals surface area contributed by atoms with Crippen LogP contribution in [-0.2, 0) is 0 Å². The quantitative estimate of drug-likeness (QED) is 0.726. The largest absolute Gasteiger partial charge is 0.310 e. The summed E-state index contributed by atoms with van der Waals surface area (Å²) in [4.78, 5) is 0. The minimum absolute atomic E-state index is 0.476. The average molecular weight is 312 g/mol. The van der Waals surface area contributed by atoms with Crippen molar-refractivity contribution in [2.75, 3.05) is 6.54 Å². The maximum Gasteiger partial charge on any atom is 0.0331 e. The first-order valence-corrected chi connectivity index (χ1v) is 7.83. The van der Waals surface area contributed by atoms with Crippen molar-refractivity contribution in [1.29, 1.82) is 0 Å². The summed E-state index contributed by atoms with van der Waals surface area (Å²) >= 11 is 3.70. The van der Waals surface area contributed by atoms with Crippen LogP contribution >= 0.6 is 15.9 Å². The van der Waals surface area contributed by atoms with Crippen LogP contribution in [0.4, 0.5) is 0 Å². The van der Waals surface area contributed by atoms with Crippen LogP contribution in [0.15, 0.2) is 22.7 Å². The minimum atomic E-state index is 0.476. The summed E-state index contributed by atoms with van der Waals surface area (Å²) in [6.07, 6.45) is 3.81. The molecule has 0 saturated carbocycles. The average Bonchev–Trinajstić information content (AvgIpc) is 2.28. The Morgan fingerprint density at radius 2 is 1.94 bits per heavy atom. The summed E-state index contributed by atoms with van der Waals surface area (Å²) in [6.45, 7) is 9.92. The van der Waals surface area contributed by atoms with Gasteiger partial charge in [0, 0.05) is 10.5 Å². The summed E-state index contributed by atoms with van der Waals surface area (Å²) < 4.78 is 1.23. The van der Waals surface area contributed by atoms with Crippen LogP contribution in [0.5, 0.6) is 0 Å². The van der Waals surface area contributed by atoms with Crippen LogP contribution in [0, 0.1) is 12.8 Å². The van der Waals surface area contributed by atoms with Crippen LogP contribution in [0.1, 0.15) is 57.2 Å². The lowest BCUT2D eigenvalue weighted by Gasteiger charge is -2.20. The molecule has 1 rings (SSSR count). The van der Waals surface area contributed by atoms with E-state index in [4.69, 9.17) is 0 Å². The van der Waals surface area contributed by atoms with E-state index in [0.717, 1.165) is 12.5 Å². The van der Waals surface area contributed by atoms with E-state index in [1.54, 1.807) is 0 Å². The SMILES string of the molecule is CCNC(CCCC(C)C)c1ccc(C)cc1Br. The second-order valence-electron chi connectivity index (χ2n) is 5.46. The van der Waals surface area contributed by atoms with Gasteiger partial charge >= 0.3 is 0 Å². The molecule has 1 N–H and O–H groups in total. The molecule has 0 saturated heterocycles. The maximum atomic E-state index is 3.70. The first-order chi connectivity index (χ1) is 8.54. The van der Waals surface area contributed by atoms with E-state index in [-0.39, 0.29) is 0 Å². The zero-order valence-corrected chi connectivity index (χ0v) is 13.7. The highest BCUT2D eigenvalue weighted by Crippen LogP contribution is 2.28. The van der Waals surface area contributed by atoms with Gasteiger partial charge in [0.05, 0.1) is 0 Å². The number of aryl methyl sites for hydroxylation is 1. The van der Waals surface area contributed by atoms with Gasteiger partial charge in [-0.2, -0.15) is 0 Å². The fourth-order valence-electron chi connectivity index (χ4n) is 2.26. The van der Waals surface area contributed by atoms with Crippen molar-refractivity contribution < 1.29 is 0 Å². The summed E-state index contributed by atoms with van der Waals surface area (Å²) in [5, 5.41) is 3.60. The zero-order valence-electron chi connectivity index (χ0n) is 12.1. The molecular formula is C16H26BrN. The highest BCUT2D eigenvalue weighted by Gasteiger charge is 2.13. The van der Waals surface area contributed by atoms with Crippen molar-refractivity contribution in [2.24, 2.45) is 5.92 Å². The molecule has 2 heteroatoms.